The Morgan fingerprint density at radius 1 is 1.16 bits per heavy atom. The smallest absolute Gasteiger partial charge is 0.241 e. The number of amides is 1. The van der Waals surface area contributed by atoms with Gasteiger partial charge in [0.05, 0.1) is 12.2 Å². The second-order valence-corrected chi connectivity index (χ2v) is 6.20. The van der Waals surface area contributed by atoms with Crippen molar-refractivity contribution >= 4 is 5.91 Å². The molecule has 0 aromatic carbocycles. The molecule has 0 aromatic rings. The van der Waals surface area contributed by atoms with Crippen LogP contribution in [0.3, 0.4) is 0 Å². The molecule has 19 heavy (non-hydrogen) atoms. The lowest BCUT2D eigenvalue weighted by atomic mass is 9.81. The second kappa shape index (κ2) is 6.74. The summed E-state index contributed by atoms with van der Waals surface area (Å²) in [6.07, 6.45) is 9.81. The number of hydrogen-bond donors (Lipinski definition) is 1. The van der Waals surface area contributed by atoms with Crippen LogP contribution >= 0.6 is 0 Å². The summed E-state index contributed by atoms with van der Waals surface area (Å²) >= 11 is 0. The van der Waals surface area contributed by atoms with E-state index >= 15 is 0 Å². The lowest BCUT2D eigenvalue weighted by molar-refractivity contribution is -0.134. The molecule has 1 amide bonds. The Balaban J connectivity index is 2.15. The highest BCUT2D eigenvalue weighted by Crippen LogP contribution is 2.34. The van der Waals surface area contributed by atoms with E-state index < -0.39 is 0 Å². The van der Waals surface area contributed by atoms with Crippen LogP contribution in [0.25, 0.3) is 0 Å². The van der Waals surface area contributed by atoms with Crippen LogP contribution in [0.1, 0.15) is 72.1 Å². The second-order valence-electron chi connectivity index (χ2n) is 6.20. The minimum absolute atomic E-state index is 0.0657. The summed E-state index contributed by atoms with van der Waals surface area (Å²) in [5.41, 5.74) is 0. The summed E-state index contributed by atoms with van der Waals surface area (Å²) in [6, 6.07) is 0.558. The van der Waals surface area contributed by atoms with Crippen molar-refractivity contribution in [3.8, 4) is 0 Å². The Hall–Kier alpha value is -0.570. The number of rotatable bonds is 5. The fraction of sp³-hybridized carbons (Fsp3) is 0.938. The number of nitrogens with zero attached hydrogens (tertiary/aromatic N) is 1. The molecule has 2 fully saturated rings. The number of carbonyl (C=O) groups is 1. The third-order valence-electron chi connectivity index (χ3n) is 5.00. The average Bonchev–Trinajstić information content (AvgIpc) is 2.75. The molecular weight excluding hydrogens is 236 g/mol. The van der Waals surface area contributed by atoms with Gasteiger partial charge in [-0.3, -0.25) is 10.1 Å². The van der Waals surface area contributed by atoms with E-state index in [4.69, 9.17) is 0 Å². The third kappa shape index (κ3) is 2.96. The summed E-state index contributed by atoms with van der Waals surface area (Å²) in [5.74, 6) is 1.08. The number of hydrogen-bond acceptors (Lipinski definition) is 2. The molecule has 1 heterocycles. The molecule has 1 aliphatic carbocycles. The maximum Gasteiger partial charge on any atom is 0.241 e. The Kier molecular flexibility index (Phi) is 5.26. The fourth-order valence-corrected chi connectivity index (χ4v) is 3.93. The van der Waals surface area contributed by atoms with Crippen molar-refractivity contribution in [1.29, 1.82) is 0 Å². The van der Waals surface area contributed by atoms with Gasteiger partial charge in [-0.25, -0.2) is 0 Å². The Morgan fingerprint density at radius 2 is 1.89 bits per heavy atom. The molecule has 0 aromatic heterocycles. The van der Waals surface area contributed by atoms with Gasteiger partial charge in [-0.1, -0.05) is 46.5 Å². The summed E-state index contributed by atoms with van der Waals surface area (Å²) in [5, 5.41) is 3.56. The molecule has 3 heteroatoms. The van der Waals surface area contributed by atoms with Crippen LogP contribution in [0, 0.1) is 5.92 Å². The SMILES string of the molecule is CCCC1NC(CC)C(=O)N1C1CCCCC1CC. The van der Waals surface area contributed by atoms with Crippen LogP contribution in [0.15, 0.2) is 0 Å². The van der Waals surface area contributed by atoms with E-state index in [0.29, 0.717) is 18.1 Å². The Bertz CT molecular complexity index is 305. The van der Waals surface area contributed by atoms with Crippen LogP contribution in [0.5, 0.6) is 0 Å². The molecule has 2 rings (SSSR count). The predicted molar refractivity (Wildman–Crippen MR) is 78.8 cm³/mol. The average molecular weight is 266 g/mol. The van der Waals surface area contributed by atoms with Gasteiger partial charge in [0, 0.05) is 6.04 Å². The fourth-order valence-electron chi connectivity index (χ4n) is 3.93. The minimum atomic E-state index is 0.0657. The van der Waals surface area contributed by atoms with Crippen molar-refractivity contribution < 1.29 is 4.79 Å². The van der Waals surface area contributed by atoms with Crippen LogP contribution in [0.4, 0.5) is 0 Å². The molecule has 3 nitrogen and oxygen atoms in total. The van der Waals surface area contributed by atoms with Crippen molar-refractivity contribution in [2.75, 3.05) is 0 Å². The van der Waals surface area contributed by atoms with E-state index in [2.05, 4.69) is 31.0 Å². The quantitative estimate of drug-likeness (QED) is 0.828. The van der Waals surface area contributed by atoms with Crippen molar-refractivity contribution in [3.63, 3.8) is 0 Å². The Labute approximate surface area is 118 Å². The molecule has 0 radical (unpaired) electrons. The first-order chi connectivity index (χ1) is 9.22. The topological polar surface area (TPSA) is 32.3 Å². The maximum atomic E-state index is 12.6. The van der Waals surface area contributed by atoms with Gasteiger partial charge < -0.3 is 4.90 Å². The zero-order valence-corrected chi connectivity index (χ0v) is 12.8. The molecule has 110 valence electrons. The van der Waals surface area contributed by atoms with Crippen molar-refractivity contribution in [2.45, 2.75) is 90.4 Å². The predicted octanol–water partition coefficient (Wildman–Crippen LogP) is 3.29. The molecule has 4 unspecified atom stereocenters. The molecule has 1 saturated carbocycles. The summed E-state index contributed by atoms with van der Waals surface area (Å²) in [6.45, 7) is 6.60. The zero-order chi connectivity index (χ0) is 13.8. The van der Waals surface area contributed by atoms with Crippen molar-refractivity contribution in [1.82, 2.24) is 10.2 Å². The van der Waals surface area contributed by atoms with E-state index in [9.17, 15) is 4.79 Å². The molecule has 1 saturated heterocycles. The van der Waals surface area contributed by atoms with E-state index in [1.54, 1.807) is 0 Å². The highest BCUT2D eigenvalue weighted by atomic mass is 16.2. The standard InChI is InChI=1S/C16H30N2O/c1-4-9-15-17-13(6-3)16(19)18(15)14-11-8-7-10-12(14)5-2/h12-15,17H,4-11H2,1-3H3. The van der Waals surface area contributed by atoms with Gasteiger partial charge in [0.25, 0.3) is 0 Å². The monoisotopic (exact) mass is 266 g/mol. The first-order valence-electron chi connectivity index (χ1n) is 8.31. The Morgan fingerprint density at radius 3 is 2.53 bits per heavy atom. The summed E-state index contributed by atoms with van der Waals surface area (Å²) in [7, 11) is 0. The number of nitrogens with one attached hydrogen (secondary N) is 1. The highest BCUT2D eigenvalue weighted by molar-refractivity contribution is 5.84. The van der Waals surface area contributed by atoms with Gasteiger partial charge in [0.1, 0.15) is 0 Å². The van der Waals surface area contributed by atoms with Gasteiger partial charge in [-0.15, -0.1) is 0 Å². The zero-order valence-electron chi connectivity index (χ0n) is 12.8. The van der Waals surface area contributed by atoms with Gasteiger partial charge >= 0.3 is 0 Å². The molecule has 0 spiro atoms. The molecule has 1 N–H and O–H groups in total. The van der Waals surface area contributed by atoms with Gasteiger partial charge in [-0.05, 0) is 31.6 Å². The maximum absolute atomic E-state index is 12.6. The molecule has 0 bridgehead atoms. The molecule has 4 atom stereocenters. The molecule has 2 aliphatic rings. The largest absolute Gasteiger partial charge is 0.323 e. The highest BCUT2D eigenvalue weighted by Gasteiger charge is 2.43. The first-order valence-corrected chi connectivity index (χ1v) is 8.31. The lowest BCUT2D eigenvalue weighted by Crippen LogP contribution is -2.49. The van der Waals surface area contributed by atoms with Crippen LogP contribution in [0.2, 0.25) is 0 Å². The van der Waals surface area contributed by atoms with Crippen molar-refractivity contribution in [3.05, 3.63) is 0 Å². The van der Waals surface area contributed by atoms with E-state index in [1.165, 1.54) is 32.1 Å². The molecular formula is C16H30N2O. The van der Waals surface area contributed by atoms with E-state index in [0.717, 1.165) is 25.2 Å². The first kappa shape index (κ1) is 14.8. The summed E-state index contributed by atoms with van der Waals surface area (Å²) < 4.78 is 0. The van der Waals surface area contributed by atoms with Crippen molar-refractivity contribution in [2.24, 2.45) is 5.92 Å². The third-order valence-corrected chi connectivity index (χ3v) is 5.00. The van der Waals surface area contributed by atoms with E-state index in [1.807, 2.05) is 0 Å². The molecule has 1 aliphatic heterocycles. The summed E-state index contributed by atoms with van der Waals surface area (Å²) in [4.78, 5) is 14.9. The minimum Gasteiger partial charge on any atom is -0.323 e. The van der Waals surface area contributed by atoms with Crippen LogP contribution in [-0.2, 0) is 4.79 Å². The van der Waals surface area contributed by atoms with Crippen LogP contribution in [-0.4, -0.2) is 29.1 Å². The van der Waals surface area contributed by atoms with Gasteiger partial charge in [-0.2, -0.15) is 0 Å². The van der Waals surface area contributed by atoms with E-state index in [-0.39, 0.29) is 6.04 Å². The normalized spacial score (nSPS) is 35.9. The lowest BCUT2D eigenvalue weighted by Gasteiger charge is -2.40. The van der Waals surface area contributed by atoms with Gasteiger partial charge in [0.15, 0.2) is 0 Å². The number of carbonyl (C=O) groups excluding carboxylic acids is 1. The van der Waals surface area contributed by atoms with Gasteiger partial charge in [0.2, 0.25) is 5.91 Å². The van der Waals surface area contributed by atoms with Crippen LogP contribution < -0.4 is 5.32 Å².